The molecular formula is C17H26IN5. The minimum atomic E-state index is 0. The van der Waals surface area contributed by atoms with E-state index < -0.39 is 0 Å². The van der Waals surface area contributed by atoms with Crippen molar-refractivity contribution in [3.05, 3.63) is 52.8 Å². The van der Waals surface area contributed by atoms with Crippen LogP contribution in [0, 0.1) is 20.8 Å². The van der Waals surface area contributed by atoms with Gasteiger partial charge in [-0.05, 0) is 37.5 Å². The molecule has 0 amide bonds. The molecule has 6 heteroatoms. The Balaban J connectivity index is 0.00000264. The van der Waals surface area contributed by atoms with Crippen molar-refractivity contribution >= 4 is 29.9 Å². The Bertz CT molecular complexity index is 648. The lowest BCUT2D eigenvalue weighted by Gasteiger charge is -2.13. The quantitative estimate of drug-likeness (QED) is 0.439. The first-order valence-corrected chi connectivity index (χ1v) is 7.58. The van der Waals surface area contributed by atoms with E-state index in [4.69, 9.17) is 0 Å². The number of hydrogen-bond acceptors (Lipinski definition) is 2. The molecule has 0 aliphatic rings. The fourth-order valence-electron chi connectivity index (χ4n) is 2.32. The largest absolute Gasteiger partial charge is 0.355 e. The van der Waals surface area contributed by atoms with Crippen molar-refractivity contribution in [3.63, 3.8) is 0 Å². The van der Waals surface area contributed by atoms with Gasteiger partial charge in [0.15, 0.2) is 5.96 Å². The van der Waals surface area contributed by atoms with Crippen LogP contribution >= 0.6 is 24.0 Å². The van der Waals surface area contributed by atoms with E-state index in [1.807, 2.05) is 24.0 Å². The van der Waals surface area contributed by atoms with Crippen molar-refractivity contribution in [3.8, 4) is 0 Å². The molecule has 2 rings (SSSR count). The molecule has 0 radical (unpaired) electrons. The van der Waals surface area contributed by atoms with Crippen molar-refractivity contribution in [2.75, 3.05) is 13.6 Å². The van der Waals surface area contributed by atoms with E-state index in [9.17, 15) is 0 Å². The summed E-state index contributed by atoms with van der Waals surface area (Å²) in [5, 5.41) is 10.9. The van der Waals surface area contributed by atoms with E-state index in [1.54, 1.807) is 7.05 Å². The zero-order chi connectivity index (χ0) is 15.9. The Kier molecular flexibility index (Phi) is 8.08. The fraction of sp³-hybridized carbons (Fsp3) is 0.412. The van der Waals surface area contributed by atoms with Crippen LogP contribution in [-0.4, -0.2) is 29.3 Å². The predicted octanol–water partition coefficient (Wildman–Crippen LogP) is 2.79. The van der Waals surface area contributed by atoms with Gasteiger partial charge in [-0.25, -0.2) is 0 Å². The lowest BCUT2D eigenvalue weighted by Crippen LogP contribution is -2.38. The van der Waals surface area contributed by atoms with Crippen LogP contribution in [0.2, 0.25) is 0 Å². The monoisotopic (exact) mass is 427 g/mol. The molecule has 0 aliphatic carbocycles. The number of aryl methyl sites for hydroxylation is 3. The standard InChI is InChI=1S/C17H25N5.HI/c1-13-5-6-16(15(3)9-13)11-20-17(18-4)19-7-8-22-12-14(2)10-21-22;/h5-6,9-10,12H,7-8,11H2,1-4H3,(H2,18,19,20);1H. The molecule has 1 aromatic carbocycles. The molecule has 2 aromatic rings. The molecule has 0 unspecified atom stereocenters. The van der Waals surface area contributed by atoms with E-state index in [0.29, 0.717) is 0 Å². The van der Waals surface area contributed by atoms with Crippen molar-refractivity contribution in [2.45, 2.75) is 33.9 Å². The molecule has 0 bridgehead atoms. The molecule has 2 N–H and O–H groups in total. The highest BCUT2D eigenvalue weighted by molar-refractivity contribution is 14.0. The highest BCUT2D eigenvalue weighted by Gasteiger charge is 2.01. The van der Waals surface area contributed by atoms with Crippen LogP contribution < -0.4 is 10.6 Å². The summed E-state index contributed by atoms with van der Waals surface area (Å²) in [6.07, 6.45) is 3.90. The van der Waals surface area contributed by atoms with Gasteiger partial charge in [-0.2, -0.15) is 5.10 Å². The van der Waals surface area contributed by atoms with E-state index in [0.717, 1.165) is 25.6 Å². The highest BCUT2D eigenvalue weighted by atomic mass is 127. The molecule has 0 saturated heterocycles. The Labute approximate surface area is 155 Å². The van der Waals surface area contributed by atoms with E-state index >= 15 is 0 Å². The molecule has 1 heterocycles. The van der Waals surface area contributed by atoms with Gasteiger partial charge in [0.25, 0.3) is 0 Å². The van der Waals surface area contributed by atoms with Crippen LogP contribution in [-0.2, 0) is 13.1 Å². The number of benzene rings is 1. The normalized spacial score (nSPS) is 11.0. The third-order valence-electron chi connectivity index (χ3n) is 3.56. The summed E-state index contributed by atoms with van der Waals surface area (Å²) < 4.78 is 1.93. The first kappa shape index (κ1) is 19.5. The molecule has 0 fully saturated rings. The molecular weight excluding hydrogens is 401 g/mol. The lowest BCUT2D eigenvalue weighted by molar-refractivity contribution is 0.597. The summed E-state index contributed by atoms with van der Waals surface area (Å²) in [5.41, 5.74) is 5.06. The average molecular weight is 427 g/mol. The van der Waals surface area contributed by atoms with Gasteiger partial charge >= 0.3 is 0 Å². The number of hydrogen-bond donors (Lipinski definition) is 2. The molecule has 23 heavy (non-hydrogen) atoms. The lowest BCUT2D eigenvalue weighted by atomic mass is 10.1. The maximum absolute atomic E-state index is 4.27. The van der Waals surface area contributed by atoms with Crippen LogP contribution in [0.15, 0.2) is 35.6 Å². The number of guanidine groups is 1. The Morgan fingerprint density at radius 1 is 1.17 bits per heavy atom. The number of rotatable bonds is 5. The smallest absolute Gasteiger partial charge is 0.191 e. The van der Waals surface area contributed by atoms with Crippen LogP contribution in [0.5, 0.6) is 0 Å². The second kappa shape index (κ2) is 9.54. The predicted molar refractivity (Wildman–Crippen MR) is 106 cm³/mol. The molecule has 0 atom stereocenters. The third-order valence-corrected chi connectivity index (χ3v) is 3.56. The van der Waals surface area contributed by atoms with E-state index in [-0.39, 0.29) is 24.0 Å². The molecule has 0 spiro atoms. The topological polar surface area (TPSA) is 54.2 Å². The summed E-state index contributed by atoms with van der Waals surface area (Å²) in [4.78, 5) is 4.25. The second-order valence-corrected chi connectivity index (χ2v) is 5.56. The van der Waals surface area contributed by atoms with Crippen molar-refractivity contribution in [1.29, 1.82) is 0 Å². The summed E-state index contributed by atoms with van der Waals surface area (Å²) in [6.45, 7) is 8.67. The fourth-order valence-corrected chi connectivity index (χ4v) is 2.32. The van der Waals surface area contributed by atoms with Crippen LogP contribution in [0.1, 0.15) is 22.3 Å². The average Bonchev–Trinajstić information content (AvgIpc) is 2.89. The summed E-state index contributed by atoms with van der Waals surface area (Å²) >= 11 is 0. The van der Waals surface area contributed by atoms with Gasteiger partial charge in [0.2, 0.25) is 0 Å². The van der Waals surface area contributed by atoms with Gasteiger partial charge in [0.1, 0.15) is 0 Å². The summed E-state index contributed by atoms with van der Waals surface area (Å²) in [5.74, 6) is 0.809. The van der Waals surface area contributed by atoms with Crippen molar-refractivity contribution in [2.24, 2.45) is 4.99 Å². The first-order valence-electron chi connectivity index (χ1n) is 7.58. The molecule has 126 valence electrons. The Hall–Kier alpha value is -1.57. The second-order valence-electron chi connectivity index (χ2n) is 5.56. The molecule has 0 saturated carbocycles. The van der Waals surface area contributed by atoms with E-state index in [1.165, 1.54) is 22.3 Å². The van der Waals surface area contributed by atoms with Crippen molar-refractivity contribution < 1.29 is 0 Å². The van der Waals surface area contributed by atoms with Gasteiger partial charge in [-0.15, -0.1) is 24.0 Å². The third kappa shape index (κ3) is 6.21. The van der Waals surface area contributed by atoms with E-state index in [2.05, 4.69) is 52.8 Å². The van der Waals surface area contributed by atoms with Crippen LogP contribution in [0.4, 0.5) is 0 Å². The zero-order valence-corrected chi connectivity index (χ0v) is 16.6. The van der Waals surface area contributed by atoms with Gasteiger partial charge in [0, 0.05) is 26.3 Å². The maximum atomic E-state index is 4.27. The summed E-state index contributed by atoms with van der Waals surface area (Å²) in [6, 6.07) is 6.50. The van der Waals surface area contributed by atoms with Gasteiger partial charge in [-0.1, -0.05) is 23.8 Å². The van der Waals surface area contributed by atoms with Crippen LogP contribution in [0.3, 0.4) is 0 Å². The minimum absolute atomic E-state index is 0. The number of aliphatic imine (C=N–C) groups is 1. The molecule has 1 aromatic heterocycles. The number of halogens is 1. The van der Waals surface area contributed by atoms with Gasteiger partial charge in [-0.3, -0.25) is 9.67 Å². The Morgan fingerprint density at radius 2 is 1.96 bits per heavy atom. The Morgan fingerprint density at radius 3 is 2.57 bits per heavy atom. The summed E-state index contributed by atoms with van der Waals surface area (Å²) in [7, 11) is 1.79. The zero-order valence-electron chi connectivity index (χ0n) is 14.3. The van der Waals surface area contributed by atoms with Gasteiger partial charge < -0.3 is 10.6 Å². The number of nitrogens with one attached hydrogen (secondary N) is 2. The minimum Gasteiger partial charge on any atom is -0.355 e. The van der Waals surface area contributed by atoms with Crippen LogP contribution in [0.25, 0.3) is 0 Å². The molecule has 0 aliphatic heterocycles. The van der Waals surface area contributed by atoms with Crippen molar-refractivity contribution in [1.82, 2.24) is 20.4 Å². The maximum Gasteiger partial charge on any atom is 0.191 e. The molecule has 5 nitrogen and oxygen atoms in total. The SMILES string of the molecule is CN=C(NCCn1cc(C)cn1)NCc1ccc(C)cc1C.I. The number of aromatic nitrogens is 2. The number of nitrogens with zero attached hydrogens (tertiary/aromatic N) is 3. The van der Waals surface area contributed by atoms with Gasteiger partial charge in [0.05, 0.1) is 12.7 Å². The first-order chi connectivity index (χ1) is 10.6. The highest BCUT2D eigenvalue weighted by Crippen LogP contribution is 2.09.